The summed E-state index contributed by atoms with van der Waals surface area (Å²) in [6.45, 7) is 1.87. The molecular formula is C17H15N3O3S. The molecule has 3 aromatic rings. The Hall–Kier alpha value is -2.67. The zero-order valence-corrected chi connectivity index (χ0v) is 14.0. The number of carbonyl (C=O) groups excluding carboxylic acids is 1. The van der Waals surface area contributed by atoms with Gasteiger partial charge in [0.15, 0.2) is 5.16 Å². The summed E-state index contributed by atoms with van der Waals surface area (Å²) in [5.41, 5.74) is 1.21. The Bertz CT molecular complexity index is 969. The summed E-state index contributed by atoms with van der Waals surface area (Å²) in [6, 6.07) is 10.8. The number of ether oxygens (including phenoxy) is 1. The number of hydrogen-bond acceptors (Lipinski definition) is 6. The number of carbonyl (C=O) groups is 1. The molecule has 0 aliphatic heterocycles. The molecule has 6 nitrogen and oxygen atoms in total. The van der Waals surface area contributed by atoms with Gasteiger partial charge in [0, 0.05) is 6.20 Å². The number of benzene rings is 1. The molecule has 0 spiro atoms. The van der Waals surface area contributed by atoms with E-state index >= 15 is 0 Å². The van der Waals surface area contributed by atoms with Gasteiger partial charge in [-0.1, -0.05) is 30.0 Å². The van der Waals surface area contributed by atoms with Gasteiger partial charge in [-0.2, -0.15) is 0 Å². The van der Waals surface area contributed by atoms with Crippen molar-refractivity contribution in [1.29, 1.82) is 0 Å². The van der Waals surface area contributed by atoms with Gasteiger partial charge in [-0.05, 0) is 30.7 Å². The Labute approximate surface area is 142 Å². The third-order valence-electron chi connectivity index (χ3n) is 3.49. The average Bonchev–Trinajstić information content (AvgIpc) is 2.61. The molecule has 0 aliphatic carbocycles. The number of fused-ring (bicyclic) bond motifs is 1. The summed E-state index contributed by atoms with van der Waals surface area (Å²) in [5, 5.41) is 0.913. The second-order valence-corrected chi connectivity index (χ2v) is 6.00. The second-order valence-electron chi connectivity index (χ2n) is 5.06. The molecule has 0 N–H and O–H groups in total. The third-order valence-corrected chi connectivity index (χ3v) is 4.40. The number of aryl methyl sites for hydroxylation is 1. The lowest BCUT2D eigenvalue weighted by molar-refractivity contribution is -0.137. The molecule has 122 valence electrons. The van der Waals surface area contributed by atoms with Crippen LogP contribution in [0.15, 0.2) is 52.5 Å². The number of methoxy groups -OCH3 is 1. The van der Waals surface area contributed by atoms with E-state index in [4.69, 9.17) is 0 Å². The van der Waals surface area contributed by atoms with Gasteiger partial charge in [0.05, 0.1) is 23.8 Å². The van der Waals surface area contributed by atoms with Gasteiger partial charge in [0.25, 0.3) is 5.56 Å². The predicted octanol–water partition coefficient (Wildman–Crippen LogP) is 2.35. The number of pyridine rings is 1. The summed E-state index contributed by atoms with van der Waals surface area (Å²) in [5.74, 6) is 0.187. The zero-order chi connectivity index (χ0) is 17.1. The normalized spacial score (nSPS) is 10.8. The largest absolute Gasteiger partial charge is 0.468 e. The Morgan fingerprint density at radius 2 is 2.04 bits per heavy atom. The maximum absolute atomic E-state index is 13.0. The highest BCUT2D eigenvalue weighted by atomic mass is 32.2. The van der Waals surface area contributed by atoms with Crippen molar-refractivity contribution in [3.05, 3.63) is 58.5 Å². The van der Waals surface area contributed by atoms with Crippen molar-refractivity contribution in [2.24, 2.45) is 0 Å². The molecule has 1 aromatic carbocycles. The van der Waals surface area contributed by atoms with E-state index < -0.39 is 0 Å². The van der Waals surface area contributed by atoms with Crippen molar-refractivity contribution < 1.29 is 9.53 Å². The van der Waals surface area contributed by atoms with Gasteiger partial charge < -0.3 is 4.74 Å². The quantitative estimate of drug-likeness (QED) is 0.412. The van der Waals surface area contributed by atoms with Crippen LogP contribution in [0.3, 0.4) is 0 Å². The summed E-state index contributed by atoms with van der Waals surface area (Å²) >= 11 is 1.15. The van der Waals surface area contributed by atoms with Crippen LogP contribution in [0, 0.1) is 6.92 Å². The molecule has 0 amide bonds. The number of para-hydroxylation sites is 1. The van der Waals surface area contributed by atoms with Crippen LogP contribution < -0.4 is 5.56 Å². The fourth-order valence-electron chi connectivity index (χ4n) is 2.29. The zero-order valence-electron chi connectivity index (χ0n) is 13.2. The van der Waals surface area contributed by atoms with E-state index in [1.165, 1.54) is 11.7 Å². The van der Waals surface area contributed by atoms with Crippen molar-refractivity contribution in [2.45, 2.75) is 12.1 Å². The van der Waals surface area contributed by atoms with Crippen molar-refractivity contribution in [3.63, 3.8) is 0 Å². The van der Waals surface area contributed by atoms with Crippen LogP contribution in [0.25, 0.3) is 16.7 Å². The van der Waals surface area contributed by atoms with E-state index in [2.05, 4.69) is 14.7 Å². The Balaban J connectivity index is 2.24. The number of rotatable bonds is 4. The van der Waals surface area contributed by atoms with Gasteiger partial charge in [-0.15, -0.1) is 0 Å². The minimum atomic E-state index is -0.383. The van der Waals surface area contributed by atoms with Crippen LogP contribution in [0.4, 0.5) is 0 Å². The van der Waals surface area contributed by atoms with E-state index in [1.807, 2.05) is 19.1 Å². The highest BCUT2D eigenvalue weighted by Gasteiger charge is 2.16. The Morgan fingerprint density at radius 1 is 1.25 bits per heavy atom. The number of aromatic nitrogens is 3. The Kier molecular flexibility index (Phi) is 4.61. The standard InChI is InChI=1S/C17H15N3O3S/c1-11-6-5-9-18-15(11)20-16(22)12-7-3-4-8-13(12)19-17(20)24-10-14(21)23-2/h3-9H,10H2,1-2H3. The first-order valence-electron chi connectivity index (χ1n) is 7.25. The highest BCUT2D eigenvalue weighted by Crippen LogP contribution is 2.21. The van der Waals surface area contributed by atoms with E-state index in [0.29, 0.717) is 21.9 Å². The number of hydrogen-bond donors (Lipinski definition) is 0. The van der Waals surface area contributed by atoms with Crippen molar-refractivity contribution in [3.8, 4) is 5.82 Å². The summed E-state index contributed by atoms with van der Waals surface area (Å²) < 4.78 is 6.12. The molecule has 3 rings (SSSR count). The van der Waals surface area contributed by atoms with Crippen LogP contribution in [0.1, 0.15) is 5.56 Å². The van der Waals surface area contributed by atoms with Crippen molar-refractivity contribution in [1.82, 2.24) is 14.5 Å². The average molecular weight is 341 g/mol. The topological polar surface area (TPSA) is 74.1 Å². The van der Waals surface area contributed by atoms with Crippen molar-refractivity contribution in [2.75, 3.05) is 12.9 Å². The van der Waals surface area contributed by atoms with E-state index in [0.717, 1.165) is 17.3 Å². The first-order valence-corrected chi connectivity index (χ1v) is 8.24. The van der Waals surface area contributed by atoms with E-state index in [1.54, 1.807) is 30.5 Å². The fourth-order valence-corrected chi connectivity index (χ4v) is 3.12. The fraction of sp³-hybridized carbons (Fsp3) is 0.176. The lowest BCUT2D eigenvalue weighted by Crippen LogP contribution is -2.23. The molecule has 0 aliphatic rings. The van der Waals surface area contributed by atoms with Gasteiger partial charge in [0.2, 0.25) is 0 Å². The molecule has 24 heavy (non-hydrogen) atoms. The number of thioether (sulfide) groups is 1. The molecule has 0 saturated carbocycles. The third kappa shape index (κ3) is 3.03. The predicted molar refractivity (Wildman–Crippen MR) is 92.6 cm³/mol. The summed E-state index contributed by atoms with van der Waals surface area (Å²) in [7, 11) is 1.33. The molecule has 0 bridgehead atoms. The molecule has 0 unspecified atom stereocenters. The van der Waals surface area contributed by atoms with Crippen LogP contribution in [0.5, 0.6) is 0 Å². The molecular weight excluding hydrogens is 326 g/mol. The highest BCUT2D eigenvalue weighted by molar-refractivity contribution is 7.99. The Morgan fingerprint density at radius 3 is 2.79 bits per heavy atom. The SMILES string of the molecule is COC(=O)CSc1nc2ccccc2c(=O)n1-c1ncccc1C. The van der Waals surface area contributed by atoms with Gasteiger partial charge in [-0.25, -0.2) is 14.5 Å². The first-order chi connectivity index (χ1) is 11.6. The molecule has 0 atom stereocenters. The molecule has 2 aromatic heterocycles. The molecule has 0 fully saturated rings. The maximum atomic E-state index is 13.0. The molecule has 0 saturated heterocycles. The lowest BCUT2D eigenvalue weighted by atomic mass is 10.2. The molecule has 2 heterocycles. The van der Waals surface area contributed by atoms with Crippen LogP contribution in [-0.2, 0) is 9.53 Å². The lowest BCUT2D eigenvalue weighted by Gasteiger charge is -2.13. The summed E-state index contributed by atoms with van der Waals surface area (Å²) in [6.07, 6.45) is 1.62. The van der Waals surface area contributed by atoms with E-state index in [-0.39, 0.29) is 17.3 Å². The summed E-state index contributed by atoms with van der Waals surface area (Å²) in [4.78, 5) is 33.3. The number of nitrogens with zero attached hydrogens (tertiary/aromatic N) is 3. The van der Waals surface area contributed by atoms with E-state index in [9.17, 15) is 9.59 Å². The molecule has 0 radical (unpaired) electrons. The van der Waals surface area contributed by atoms with Crippen LogP contribution >= 0.6 is 11.8 Å². The first kappa shape index (κ1) is 16.2. The minimum absolute atomic E-state index is 0.0627. The maximum Gasteiger partial charge on any atom is 0.316 e. The van der Waals surface area contributed by atoms with Crippen molar-refractivity contribution >= 4 is 28.6 Å². The minimum Gasteiger partial charge on any atom is -0.468 e. The van der Waals surface area contributed by atoms with Gasteiger partial charge in [-0.3, -0.25) is 9.59 Å². The second kappa shape index (κ2) is 6.84. The van der Waals surface area contributed by atoms with Gasteiger partial charge in [0.1, 0.15) is 5.82 Å². The number of esters is 1. The molecule has 7 heteroatoms. The van der Waals surface area contributed by atoms with Gasteiger partial charge >= 0.3 is 5.97 Å². The smallest absolute Gasteiger partial charge is 0.316 e. The van der Waals surface area contributed by atoms with Crippen LogP contribution in [-0.4, -0.2) is 33.4 Å². The monoisotopic (exact) mass is 341 g/mol. The van der Waals surface area contributed by atoms with Crippen LogP contribution in [0.2, 0.25) is 0 Å².